The van der Waals surface area contributed by atoms with Gasteiger partial charge in [0.2, 0.25) is 5.91 Å². The number of ketones is 1. The summed E-state index contributed by atoms with van der Waals surface area (Å²) in [5.74, 6) is -0.236. The maximum atomic E-state index is 12.3. The quantitative estimate of drug-likeness (QED) is 0.303. The maximum absolute atomic E-state index is 12.3. The Morgan fingerprint density at radius 1 is 1.00 bits per heavy atom. The van der Waals surface area contributed by atoms with Crippen LogP contribution in [-0.4, -0.2) is 31.5 Å². The summed E-state index contributed by atoms with van der Waals surface area (Å²) in [4.78, 5) is 23.6. The number of phosphoric ester groups is 1. The third-order valence-corrected chi connectivity index (χ3v) is 5.06. The van der Waals surface area contributed by atoms with E-state index in [0.29, 0.717) is 30.5 Å². The van der Waals surface area contributed by atoms with E-state index >= 15 is 0 Å². The molecule has 1 aromatic rings. The molecule has 0 heterocycles. The van der Waals surface area contributed by atoms with E-state index in [2.05, 4.69) is 5.32 Å². The van der Waals surface area contributed by atoms with Gasteiger partial charge in [-0.25, -0.2) is 4.57 Å². The van der Waals surface area contributed by atoms with Crippen molar-refractivity contribution in [2.75, 3.05) is 25.1 Å². The standard InChI is InChI=1S/C18H28NO6P/c1-4-23-26(22,24-5-2)25-14-10-6-7-13-18(21)16-11-8-9-12-17(16)19-15(3)20/h8-9,11-12H,4-7,10,13-14H2,1-3H3,(H,19,20). The molecule has 1 rings (SSSR count). The van der Waals surface area contributed by atoms with Crippen molar-refractivity contribution in [1.29, 1.82) is 0 Å². The number of amides is 1. The Morgan fingerprint density at radius 2 is 1.65 bits per heavy atom. The van der Waals surface area contributed by atoms with Crippen molar-refractivity contribution in [2.45, 2.75) is 46.5 Å². The zero-order chi connectivity index (χ0) is 19.4. The van der Waals surface area contributed by atoms with Gasteiger partial charge in [-0.1, -0.05) is 18.6 Å². The SMILES string of the molecule is CCOP(=O)(OCC)OCCCCCC(=O)c1ccccc1NC(C)=O. The topological polar surface area (TPSA) is 90.9 Å². The Kier molecular flexibility index (Phi) is 10.4. The number of hydrogen-bond acceptors (Lipinski definition) is 6. The van der Waals surface area contributed by atoms with Crippen molar-refractivity contribution in [1.82, 2.24) is 0 Å². The lowest BCUT2D eigenvalue weighted by atomic mass is 10.0. The summed E-state index contributed by atoms with van der Waals surface area (Å²) in [6.07, 6.45) is 2.42. The van der Waals surface area contributed by atoms with E-state index in [0.717, 1.165) is 6.42 Å². The summed E-state index contributed by atoms with van der Waals surface area (Å²) in [5.41, 5.74) is 1.04. The number of phosphoric acid groups is 1. The van der Waals surface area contributed by atoms with E-state index in [9.17, 15) is 14.2 Å². The van der Waals surface area contributed by atoms with E-state index in [1.807, 2.05) is 0 Å². The van der Waals surface area contributed by atoms with E-state index < -0.39 is 7.82 Å². The molecular weight excluding hydrogens is 357 g/mol. The minimum Gasteiger partial charge on any atom is -0.326 e. The molecule has 0 fully saturated rings. The predicted molar refractivity (Wildman–Crippen MR) is 100 cm³/mol. The van der Waals surface area contributed by atoms with E-state index in [-0.39, 0.29) is 31.5 Å². The summed E-state index contributed by atoms with van der Waals surface area (Å²) in [6.45, 7) is 5.59. The molecular formula is C18H28NO6P. The van der Waals surface area contributed by atoms with Crippen LogP contribution in [0.15, 0.2) is 24.3 Å². The number of nitrogens with one attached hydrogen (secondary N) is 1. The molecule has 26 heavy (non-hydrogen) atoms. The Labute approximate surface area is 155 Å². The zero-order valence-electron chi connectivity index (χ0n) is 15.7. The molecule has 0 atom stereocenters. The Morgan fingerprint density at radius 3 is 2.27 bits per heavy atom. The minimum absolute atomic E-state index is 0.0235. The van der Waals surface area contributed by atoms with Crippen LogP contribution in [-0.2, 0) is 22.9 Å². The first-order valence-corrected chi connectivity index (χ1v) is 10.3. The predicted octanol–water partition coefficient (Wildman–Crippen LogP) is 4.59. The van der Waals surface area contributed by atoms with Gasteiger partial charge in [0, 0.05) is 18.9 Å². The lowest BCUT2D eigenvalue weighted by molar-refractivity contribution is -0.114. The molecule has 0 bridgehead atoms. The molecule has 146 valence electrons. The van der Waals surface area contributed by atoms with Crippen molar-refractivity contribution in [3.8, 4) is 0 Å². The van der Waals surface area contributed by atoms with Gasteiger partial charge in [-0.15, -0.1) is 0 Å². The van der Waals surface area contributed by atoms with Crippen LogP contribution in [0, 0.1) is 0 Å². The first kappa shape index (κ1) is 22.5. The highest BCUT2D eigenvalue weighted by molar-refractivity contribution is 7.48. The second kappa shape index (κ2) is 12.0. The average molecular weight is 385 g/mol. The number of para-hydroxylation sites is 1. The average Bonchev–Trinajstić information content (AvgIpc) is 2.58. The van der Waals surface area contributed by atoms with Gasteiger partial charge in [-0.2, -0.15) is 0 Å². The third kappa shape index (κ3) is 8.23. The fourth-order valence-corrected chi connectivity index (χ4v) is 3.54. The van der Waals surface area contributed by atoms with Crippen molar-refractivity contribution in [3.05, 3.63) is 29.8 Å². The fourth-order valence-electron chi connectivity index (χ4n) is 2.33. The molecule has 0 radical (unpaired) electrons. The van der Waals surface area contributed by atoms with Gasteiger partial charge in [0.05, 0.1) is 25.5 Å². The first-order valence-electron chi connectivity index (χ1n) is 8.85. The number of anilines is 1. The summed E-state index contributed by atoms with van der Waals surface area (Å²) >= 11 is 0. The van der Waals surface area contributed by atoms with Gasteiger partial charge in [0.25, 0.3) is 0 Å². The molecule has 0 saturated carbocycles. The number of unbranched alkanes of at least 4 members (excludes halogenated alkanes) is 2. The van der Waals surface area contributed by atoms with Crippen LogP contribution < -0.4 is 5.32 Å². The monoisotopic (exact) mass is 385 g/mol. The normalized spacial score (nSPS) is 11.3. The fraction of sp³-hybridized carbons (Fsp3) is 0.556. The maximum Gasteiger partial charge on any atom is 0.474 e. The highest BCUT2D eigenvalue weighted by atomic mass is 31.2. The van der Waals surface area contributed by atoms with Gasteiger partial charge >= 0.3 is 7.82 Å². The summed E-state index contributed by atoms with van der Waals surface area (Å²) in [7, 11) is -3.46. The van der Waals surface area contributed by atoms with E-state index in [4.69, 9.17) is 13.6 Å². The molecule has 0 aliphatic rings. The number of carbonyl (C=O) groups is 2. The number of Topliss-reactive ketones (excluding diaryl/α,β-unsaturated/α-hetero) is 1. The minimum atomic E-state index is -3.46. The Hall–Kier alpha value is -1.53. The van der Waals surface area contributed by atoms with Crippen LogP contribution in [0.1, 0.15) is 56.8 Å². The lowest BCUT2D eigenvalue weighted by Gasteiger charge is -2.16. The van der Waals surface area contributed by atoms with Crippen LogP contribution in [0.3, 0.4) is 0 Å². The number of benzene rings is 1. The second-order valence-corrected chi connectivity index (χ2v) is 7.25. The Bertz CT molecular complexity index is 624. The number of hydrogen-bond donors (Lipinski definition) is 1. The largest absolute Gasteiger partial charge is 0.474 e. The zero-order valence-corrected chi connectivity index (χ0v) is 16.6. The van der Waals surface area contributed by atoms with Crippen molar-refractivity contribution in [3.63, 3.8) is 0 Å². The molecule has 0 aliphatic carbocycles. The van der Waals surface area contributed by atoms with Gasteiger partial charge in [-0.05, 0) is 38.8 Å². The van der Waals surface area contributed by atoms with Crippen LogP contribution in [0.25, 0.3) is 0 Å². The molecule has 0 saturated heterocycles. The highest BCUT2D eigenvalue weighted by Crippen LogP contribution is 2.49. The van der Waals surface area contributed by atoms with E-state index in [1.54, 1.807) is 38.1 Å². The number of carbonyl (C=O) groups excluding carboxylic acids is 2. The molecule has 0 aromatic heterocycles. The second-order valence-electron chi connectivity index (χ2n) is 5.58. The van der Waals surface area contributed by atoms with Crippen LogP contribution in [0.2, 0.25) is 0 Å². The molecule has 1 aromatic carbocycles. The van der Waals surface area contributed by atoms with Crippen LogP contribution in [0.5, 0.6) is 0 Å². The van der Waals surface area contributed by atoms with Crippen molar-refractivity contribution < 1.29 is 27.7 Å². The molecule has 0 aliphatic heterocycles. The molecule has 0 unspecified atom stereocenters. The third-order valence-electron chi connectivity index (χ3n) is 3.41. The van der Waals surface area contributed by atoms with Crippen molar-refractivity contribution >= 4 is 25.2 Å². The molecule has 0 spiro atoms. The highest BCUT2D eigenvalue weighted by Gasteiger charge is 2.24. The Balaban J connectivity index is 2.37. The van der Waals surface area contributed by atoms with Crippen LogP contribution in [0.4, 0.5) is 5.69 Å². The number of rotatable bonds is 13. The lowest BCUT2D eigenvalue weighted by Crippen LogP contribution is -2.11. The summed E-state index contributed by atoms with van der Waals surface area (Å²) in [5, 5.41) is 2.67. The van der Waals surface area contributed by atoms with Gasteiger partial charge in [-0.3, -0.25) is 23.2 Å². The summed E-state index contributed by atoms with van der Waals surface area (Å²) < 4.78 is 27.4. The molecule has 1 amide bonds. The molecule has 7 nitrogen and oxygen atoms in total. The first-order chi connectivity index (χ1) is 12.4. The molecule has 8 heteroatoms. The van der Waals surface area contributed by atoms with Gasteiger partial charge < -0.3 is 5.32 Å². The van der Waals surface area contributed by atoms with Gasteiger partial charge in [0.1, 0.15) is 0 Å². The molecule has 1 N–H and O–H groups in total. The summed E-state index contributed by atoms with van der Waals surface area (Å²) in [6, 6.07) is 6.96. The van der Waals surface area contributed by atoms with Crippen molar-refractivity contribution in [2.24, 2.45) is 0 Å². The smallest absolute Gasteiger partial charge is 0.326 e. The van der Waals surface area contributed by atoms with E-state index in [1.165, 1.54) is 6.92 Å². The van der Waals surface area contributed by atoms with Gasteiger partial charge in [0.15, 0.2) is 5.78 Å². The van der Waals surface area contributed by atoms with Crippen LogP contribution >= 0.6 is 7.82 Å².